The highest BCUT2D eigenvalue weighted by Crippen LogP contribution is 2.32. The highest BCUT2D eigenvalue weighted by molar-refractivity contribution is 14.1. The van der Waals surface area contributed by atoms with E-state index in [9.17, 15) is 14.9 Å². The second kappa shape index (κ2) is 6.38. The summed E-state index contributed by atoms with van der Waals surface area (Å²) in [5.41, 5.74) is 0.797. The molecule has 1 aliphatic rings. The molecule has 6 nitrogen and oxygen atoms in total. The zero-order valence-electron chi connectivity index (χ0n) is 10.8. The Labute approximate surface area is 130 Å². The maximum atomic E-state index is 11.1. The Morgan fingerprint density at radius 1 is 1.45 bits per heavy atom. The second-order valence-corrected chi connectivity index (χ2v) is 6.01. The van der Waals surface area contributed by atoms with E-state index in [1.807, 2.05) is 27.5 Å². The zero-order valence-corrected chi connectivity index (χ0v) is 12.9. The summed E-state index contributed by atoms with van der Waals surface area (Å²) in [5, 5.41) is 19.8. The van der Waals surface area contributed by atoms with Crippen LogP contribution in [0, 0.1) is 13.7 Å². The van der Waals surface area contributed by atoms with E-state index in [1.54, 1.807) is 6.07 Å². The van der Waals surface area contributed by atoms with Crippen LogP contribution in [0.25, 0.3) is 0 Å². The summed E-state index contributed by atoms with van der Waals surface area (Å²) >= 11 is 2.03. The van der Waals surface area contributed by atoms with Gasteiger partial charge in [0.2, 0.25) is 0 Å². The molecule has 0 saturated heterocycles. The fourth-order valence-electron chi connectivity index (χ4n) is 2.61. The lowest BCUT2D eigenvalue weighted by atomic mass is 10.1. The van der Waals surface area contributed by atoms with Gasteiger partial charge in [-0.3, -0.25) is 14.9 Å². The Bertz CT molecular complexity index is 529. The topological polar surface area (TPSA) is 83.7 Å². The molecule has 1 aliphatic carbocycles. The molecule has 108 valence electrons. The Kier molecular flexibility index (Phi) is 4.79. The summed E-state index contributed by atoms with van der Waals surface area (Å²) in [4.78, 5) is 23.3. The standard InChI is InChI=1S/C13H15IN2O4/c14-11-7-10(16(19)20)5-6-12(11)15(8-13(17)18)9-3-1-2-4-9/h5-7,9H,1-4,8H2,(H,17,18). The molecule has 0 spiro atoms. The third-order valence-electron chi connectivity index (χ3n) is 3.52. The number of carbonyl (C=O) groups is 1. The highest BCUT2D eigenvalue weighted by atomic mass is 127. The maximum Gasteiger partial charge on any atom is 0.323 e. The quantitative estimate of drug-likeness (QED) is 0.475. The molecule has 0 unspecified atom stereocenters. The van der Waals surface area contributed by atoms with Crippen LogP contribution in [0.15, 0.2) is 18.2 Å². The fourth-order valence-corrected chi connectivity index (χ4v) is 3.42. The van der Waals surface area contributed by atoms with Gasteiger partial charge in [-0.25, -0.2) is 0 Å². The van der Waals surface area contributed by atoms with Gasteiger partial charge >= 0.3 is 5.97 Å². The molecule has 20 heavy (non-hydrogen) atoms. The van der Waals surface area contributed by atoms with E-state index in [0.29, 0.717) is 3.57 Å². The van der Waals surface area contributed by atoms with Gasteiger partial charge in [-0.05, 0) is 41.5 Å². The molecule has 2 rings (SSSR count). The van der Waals surface area contributed by atoms with Crippen LogP contribution in [-0.4, -0.2) is 28.6 Å². The molecule has 0 bridgehead atoms. The van der Waals surface area contributed by atoms with Crippen molar-refractivity contribution in [1.29, 1.82) is 0 Å². The van der Waals surface area contributed by atoms with Crippen LogP contribution in [0.3, 0.4) is 0 Å². The van der Waals surface area contributed by atoms with E-state index in [4.69, 9.17) is 5.11 Å². The number of carboxylic acid groups (broad SMARTS) is 1. The van der Waals surface area contributed by atoms with Crippen molar-refractivity contribution in [3.05, 3.63) is 31.9 Å². The molecule has 0 atom stereocenters. The number of aliphatic carboxylic acids is 1. The smallest absolute Gasteiger partial charge is 0.323 e. The fraction of sp³-hybridized carbons (Fsp3) is 0.462. The predicted molar refractivity (Wildman–Crippen MR) is 83.1 cm³/mol. The molecule has 1 saturated carbocycles. The van der Waals surface area contributed by atoms with E-state index in [1.165, 1.54) is 12.1 Å². The van der Waals surface area contributed by atoms with Gasteiger partial charge in [-0.2, -0.15) is 0 Å². The number of halogens is 1. The van der Waals surface area contributed by atoms with Gasteiger partial charge in [-0.15, -0.1) is 0 Å². The van der Waals surface area contributed by atoms with Crippen molar-refractivity contribution in [3.8, 4) is 0 Å². The SMILES string of the molecule is O=C(O)CN(c1ccc([N+](=O)[O-])cc1I)C1CCCC1. The first-order chi connectivity index (χ1) is 9.49. The van der Waals surface area contributed by atoms with Gasteiger partial charge in [0.1, 0.15) is 6.54 Å². The van der Waals surface area contributed by atoms with Crippen molar-refractivity contribution < 1.29 is 14.8 Å². The van der Waals surface area contributed by atoms with Crippen LogP contribution in [0.4, 0.5) is 11.4 Å². The zero-order chi connectivity index (χ0) is 14.7. The Morgan fingerprint density at radius 2 is 2.10 bits per heavy atom. The van der Waals surface area contributed by atoms with E-state index < -0.39 is 10.9 Å². The molecule has 1 N–H and O–H groups in total. The number of nitro benzene ring substituents is 1. The maximum absolute atomic E-state index is 11.1. The molecular formula is C13H15IN2O4. The van der Waals surface area contributed by atoms with E-state index in [2.05, 4.69) is 0 Å². The van der Waals surface area contributed by atoms with Crippen molar-refractivity contribution in [1.82, 2.24) is 0 Å². The molecule has 0 aliphatic heterocycles. The number of hydrogen-bond donors (Lipinski definition) is 1. The Balaban J connectivity index is 2.32. The Morgan fingerprint density at radius 3 is 2.60 bits per heavy atom. The number of anilines is 1. The first-order valence-corrected chi connectivity index (χ1v) is 7.49. The third kappa shape index (κ3) is 3.38. The average molecular weight is 390 g/mol. The lowest BCUT2D eigenvalue weighted by Gasteiger charge is -2.30. The van der Waals surface area contributed by atoms with Crippen molar-refractivity contribution in [2.45, 2.75) is 31.7 Å². The summed E-state index contributed by atoms with van der Waals surface area (Å²) in [7, 11) is 0. The number of non-ortho nitro benzene ring substituents is 1. The number of benzene rings is 1. The molecular weight excluding hydrogens is 375 g/mol. The summed E-state index contributed by atoms with van der Waals surface area (Å²) in [6.07, 6.45) is 4.15. The van der Waals surface area contributed by atoms with Gasteiger partial charge in [0, 0.05) is 21.7 Å². The van der Waals surface area contributed by atoms with Crippen molar-refractivity contribution in [3.63, 3.8) is 0 Å². The van der Waals surface area contributed by atoms with E-state index >= 15 is 0 Å². The largest absolute Gasteiger partial charge is 0.480 e. The van der Waals surface area contributed by atoms with Crippen LogP contribution in [0.5, 0.6) is 0 Å². The van der Waals surface area contributed by atoms with Gasteiger partial charge in [0.05, 0.1) is 10.6 Å². The average Bonchev–Trinajstić information content (AvgIpc) is 2.89. The Hall–Kier alpha value is -1.38. The number of nitro groups is 1. The first kappa shape index (κ1) is 15.0. The number of carboxylic acids is 1. The van der Waals surface area contributed by atoms with E-state index in [0.717, 1.165) is 31.4 Å². The van der Waals surface area contributed by atoms with Crippen molar-refractivity contribution in [2.24, 2.45) is 0 Å². The summed E-state index contributed by atoms with van der Waals surface area (Å²) in [5.74, 6) is -0.883. The molecule has 0 amide bonds. The van der Waals surface area contributed by atoms with Crippen molar-refractivity contribution in [2.75, 3.05) is 11.4 Å². The summed E-state index contributed by atoms with van der Waals surface area (Å²) < 4.78 is 0.713. The molecule has 0 radical (unpaired) electrons. The van der Waals surface area contributed by atoms with Crippen LogP contribution in [-0.2, 0) is 4.79 Å². The van der Waals surface area contributed by atoms with Crippen LogP contribution in [0.1, 0.15) is 25.7 Å². The number of rotatable bonds is 5. The molecule has 7 heteroatoms. The molecule has 1 aromatic carbocycles. The monoisotopic (exact) mass is 390 g/mol. The van der Waals surface area contributed by atoms with Crippen molar-refractivity contribution >= 4 is 39.9 Å². The van der Waals surface area contributed by atoms with Gasteiger partial charge < -0.3 is 10.0 Å². The lowest BCUT2D eigenvalue weighted by Crippen LogP contribution is -2.38. The lowest BCUT2D eigenvalue weighted by molar-refractivity contribution is -0.384. The van der Waals surface area contributed by atoms with Gasteiger partial charge in [-0.1, -0.05) is 12.8 Å². The highest BCUT2D eigenvalue weighted by Gasteiger charge is 2.26. The van der Waals surface area contributed by atoms with Gasteiger partial charge in [0.15, 0.2) is 0 Å². The van der Waals surface area contributed by atoms with Gasteiger partial charge in [0.25, 0.3) is 5.69 Å². The molecule has 0 heterocycles. The molecule has 1 aromatic rings. The number of hydrogen-bond acceptors (Lipinski definition) is 4. The molecule has 0 aromatic heterocycles. The second-order valence-electron chi connectivity index (χ2n) is 4.85. The van der Waals surface area contributed by atoms with E-state index in [-0.39, 0.29) is 18.3 Å². The van der Waals surface area contributed by atoms with Crippen LogP contribution >= 0.6 is 22.6 Å². The first-order valence-electron chi connectivity index (χ1n) is 6.41. The minimum Gasteiger partial charge on any atom is -0.480 e. The number of nitrogens with zero attached hydrogens (tertiary/aromatic N) is 2. The summed E-state index contributed by atoms with van der Waals surface area (Å²) in [6.45, 7) is -0.0710. The minimum atomic E-state index is -0.883. The van der Waals surface area contributed by atoms with Crippen LogP contribution in [0.2, 0.25) is 0 Å². The summed E-state index contributed by atoms with van der Waals surface area (Å²) in [6, 6.07) is 4.78. The minimum absolute atomic E-state index is 0.0276. The normalized spacial score (nSPS) is 15.2. The van der Waals surface area contributed by atoms with Crippen LogP contribution < -0.4 is 4.90 Å². The molecule has 1 fully saturated rings. The third-order valence-corrected chi connectivity index (χ3v) is 4.39. The predicted octanol–water partition coefficient (Wildman–Crippen LogP) is 3.03.